The number of rotatable bonds is 0. The Morgan fingerprint density at radius 1 is 0.500 bits per heavy atom. The van der Waals surface area contributed by atoms with Crippen LogP contribution in [-0.2, 0) is 0 Å². The van der Waals surface area contributed by atoms with Crippen molar-refractivity contribution in [2.24, 2.45) is 0 Å². The van der Waals surface area contributed by atoms with Gasteiger partial charge in [-0.15, -0.1) is 0 Å². The van der Waals surface area contributed by atoms with E-state index in [0.717, 1.165) is 0 Å². The van der Waals surface area contributed by atoms with Crippen molar-refractivity contribution in [3.8, 4) is 0 Å². The molecule has 1 atom stereocenters. The monoisotopic (exact) mass is 238 g/mol. The Morgan fingerprint density at radius 3 is 0.500 bits per heavy atom. The smallest absolute Gasteiger partial charge is 1.00 e. The maximum Gasteiger partial charge on any atom is 1.00 e. The van der Waals surface area contributed by atoms with Gasteiger partial charge in [-0.05, 0) is 0 Å². The quantitative estimate of drug-likeness (QED) is 0.309. The summed E-state index contributed by atoms with van der Waals surface area (Å²) in [6, 6.07) is 0. The number of hydrogen-bond donors (Lipinski definition) is 0. The van der Waals surface area contributed by atoms with Crippen molar-refractivity contribution in [1.82, 2.24) is 0 Å². The fourth-order valence-corrected chi connectivity index (χ4v) is 0. The first kappa shape index (κ1) is 239. The van der Waals surface area contributed by atoms with E-state index in [2.05, 4.69) is 0 Å². The van der Waals surface area contributed by atoms with E-state index >= 15 is 0 Å². The van der Waals surface area contributed by atoms with Crippen molar-refractivity contribution in [2.45, 2.75) is 0 Å². The van der Waals surface area contributed by atoms with Crippen LogP contribution in [0.5, 0.6) is 0 Å². The average Bonchev–Trinajstić information content (AvgIpc) is 0. The molecule has 1 unspecified atom stereocenters. The Balaban J connectivity index is 0. The fourth-order valence-electron chi connectivity index (χ4n) is 0. The van der Waals surface area contributed by atoms with Crippen molar-refractivity contribution < 1.29 is 81.0 Å². The summed E-state index contributed by atoms with van der Waals surface area (Å²) >= 11 is 0. The Bertz CT molecular complexity index is 13.0. The first-order chi connectivity index (χ1) is 0. The molecule has 0 heterocycles. The molecule has 0 amide bonds. The molecule has 0 saturated carbocycles. The van der Waals surface area contributed by atoms with Crippen molar-refractivity contribution in [3.05, 3.63) is 0 Å². The molecule has 0 rings (SSSR count). The van der Waals surface area contributed by atoms with Gasteiger partial charge in [0.25, 0.3) is 0 Å². The third-order valence-electron chi connectivity index (χ3n) is 0. The number of halogens is 6. The second-order valence-corrected chi connectivity index (χ2v) is 0. The summed E-state index contributed by atoms with van der Waals surface area (Å²) in [5.74, 6) is 0. The molecule has 8 heteroatoms. The number of hydrogen-bond acceptors (Lipinski definition) is 0. The van der Waals surface area contributed by atoms with E-state index in [0.29, 0.717) is 0 Å². The summed E-state index contributed by atoms with van der Waals surface area (Å²) in [6.45, 7) is 0. The average molecular weight is 238 g/mol. The molecule has 0 aliphatic rings. The molecule has 0 bridgehead atoms. The molecule has 0 nitrogen and oxygen atoms in total. The minimum absolute atomic E-state index is 0. The molecule has 0 aromatic rings. The van der Waals surface area contributed by atoms with Gasteiger partial charge in [0.1, 0.15) is 0 Å². The third-order valence-corrected chi connectivity index (χ3v) is 0. The Kier molecular flexibility index (Phi) is 5030. The molecule has 0 fully saturated rings. The Morgan fingerprint density at radius 2 is 0.500 bits per heavy atom. The van der Waals surface area contributed by atoms with E-state index in [1.54, 1.807) is 0 Å². The molecule has 0 N–H and O–H groups in total. The van der Waals surface area contributed by atoms with Crippen LogP contribution in [0.15, 0.2) is 0 Å². The predicted molar refractivity (Wildman–Crippen MR) is 26.1 cm³/mol. The molecular formula is H10AsF6K. The van der Waals surface area contributed by atoms with E-state index in [1.807, 2.05) is 0 Å². The topological polar surface area (TPSA) is 0 Å². The first-order valence-corrected chi connectivity index (χ1v) is 0. The summed E-state index contributed by atoms with van der Waals surface area (Å²) < 4.78 is 0. The summed E-state index contributed by atoms with van der Waals surface area (Å²) in [6.07, 6.45) is 0. The Labute approximate surface area is 97.6 Å². The second-order valence-electron chi connectivity index (χ2n) is 0. The maximum atomic E-state index is 0. The largest absolute Gasteiger partial charge is 1.00 e. The molecule has 0 aromatic heterocycles. The van der Waals surface area contributed by atoms with Crippen LogP contribution in [0, 0.1) is 0 Å². The Hall–Kier alpha value is 1.77. The van der Waals surface area contributed by atoms with Gasteiger partial charge in [-0.2, -0.15) is 0 Å². The van der Waals surface area contributed by atoms with Gasteiger partial charge in [0.15, 0.2) is 0 Å². The van der Waals surface area contributed by atoms with Crippen LogP contribution in [0.25, 0.3) is 0 Å². The van der Waals surface area contributed by atoms with Crippen LogP contribution >= 0.6 is 0 Å². The molecule has 0 saturated heterocycles. The molecule has 58 valence electrons. The van der Waals surface area contributed by atoms with Crippen LogP contribution < -0.4 is 51.4 Å². The van der Waals surface area contributed by atoms with E-state index in [-0.39, 0.29) is 99.0 Å². The van der Waals surface area contributed by atoms with Crippen molar-refractivity contribution >= 4 is 18.0 Å². The summed E-state index contributed by atoms with van der Waals surface area (Å²) in [7, 11) is 0. The third kappa shape index (κ3) is 113. The molecule has 8 heavy (non-hydrogen) atoms. The SMILES string of the molecule is F.F.F.F.F.F.[AsH3].[H-].[K+]. The zero-order chi connectivity index (χ0) is 0. The van der Waals surface area contributed by atoms with Gasteiger partial charge in [-0.1, -0.05) is 0 Å². The normalized spacial score (nSPS) is 0. The van der Waals surface area contributed by atoms with Gasteiger partial charge in [0.2, 0.25) is 0 Å². The summed E-state index contributed by atoms with van der Waals surface area (Å²) in [5.41, 5.74) is 0. The molecule has 0 aliphatic heterocycles. The van der Waals surface area contributed by atoms with Gasteiger partial charge in [-0.3, -0.25) is 28.2 Å². The summed E-state index contributed by atoms with van der Waals surface area (Å²) in [4.78, 5) is 0. The molecule has 0 spiro atoms. The molecular weight excluding hydrogens is 228 g/mol. The van der Waals surface area contributed by atoms with Crippen LogP contribution in [0.3, 0.4) is 0 Å². The van der Waals surface area contributed by atoms with Crippen molar-refractivity contribution in [1.29, 1.82) is 0 Å². The van der Waals surface area contributed by atoms with E-state index in [9.17, 15) is 0 Å². The van der Waals surface area contributed by atoms with Crippen molar-refractivity contribution in [3.63, 3.8) is 0 Å². The van der Waals surface area contributed by atoms with Gasteiger partial charge in [0.05, 0.1) is 0 Å². The predicted octanol–water partition coefficient (Wildman–Crippen LogP) is -3.15. The van der Waals surface area contributed by atoms with Gasteiger partial charge >= 0.3 is 69.3 Å². The van der Waals surface area contributed by atoms with Crippen LogP contribution in [0.2, 0.25) is 0 Å². The van der Waals surface area contributed by atoms with Gasteiger partial charge in [0, 0.05) is 0 Å². The van der Waals surface area contributed by atoms with E-state index < -0.39 is 0 Å². The zero-order valence-electron chi connectivity index (χ0n) is 5.16. The van der Waals surface area contributed by atoms with Crippen LogP contribution in [-0.4, -0.2) is 18.0 Å². The fraction of sp³-hybridized carbons (Fsp3) is 0. The maximum absolute atomic E-state index is 0. The molecule has 0 aliphatic carbocycles. The standard InChI is InChI=1S/AsH3.6FH.K.H/h1H3;6*1H;;/q;;;;;;;+1;-1. The minimum atomic E-state index is 0. The molecule has 0 aromatic carbocycles. The van der Waals surface area contributed by atoms with Gasteiger partial charge < -0.3 is 1.43 Å². The molecule has 0 radical (unpaired) electrons. The van der Waals surface area contributed by atoms with Crippen LogP contribution in [0.1, 0.15) is 1.43 Å². The van der Waals surface area contributed by atoms with Crippen LogP contribution in [0.4, 0.5) is 28.2 Å². The van der Waals surface area contributed by atoms with Gasteiger partial charge in [-0.25, -0.2) is 0 Å². The minimum Gasteiger partial charge on any atom is -1.00 e. The zero-order valence-corrected chi connectivity index (χ0v) is 10.2. The van der Waals surface area contributed by atoms with E-state index in [1.165, 1.54) is 0 Å². The second kappa shape index (κ2) is 168. The van der Waals surface area contributed by atoms with E-state index in [4.69, 9.17) is 0 Å². The first-order valence-electron chi connectivity index (χ1n) is 0. The van der Waals surface area contributed by atoms with Crippen molar-refractivity contribution in [2.75, 3.05) is 0 Å². The summed E-state index contributed by atoms with van der Waals surface area (Å²) in [5, 5.41) is 0.